The van der Waals surface area contributed by atoms with Gasteiger partial charge in [-0.15, -0.1) is 0 Å². The Hall–Kier alpha value is -3.06. The highest BCUT2D eigenvalue weighted by Gasteiger charge is 2.19. The molecule has 0 aliphatic rings. The minimum absolute atomic E-state index is 0.122. The van der Waals surface area contributed by atoms with Crippen LogP contribution in [0.2, 0.25) is 0 Å². The largest absolute Gasteiger partial charge is 0.508 e. The number of ether oxygens (including phenoxy) is 1. The van der Waals surface area contributed by atoms with Gasteiger partial charge in [-0.2, -0.15) is 0 Å². The maximum atomic E-state index is 12.2. The molecule has 7 heteroatoms. The van der Waals surface area contributed by atoms with Gasteiger partial charge in [0.2, 0.25) is 5.91 Å². The molecule has 2 aromatic carbocycles. The van der Waals surface area contributed by atoms with Crippen molar-refractivity contribution in [3.63, 3.8) is 0 Å². The Kier molecular flexibility index (Phi) is 6.36. The highest BCUT2D eigenvalue weighted by Crippen LogP contribution is 2.13. The zero-order valence-electron chi connectivity index (χ0n) is 13.5. The Morgan fingerprint density at radius 3 is 1.96 bits per heavy atom. The third kappa shape index (κ3) is 5.82. The summed E-state index contributed by atoms with van der Waals surface area (Å²) in [6.07, 6.45) is -0.337. The summed E-state index contributed by atoms with van der Waals surface area (Å²) in [5.41, 5.74) is 7.47. The summed E-state index contributed by atoms with van der Waals surface area (Å²) in [6, 6.07) is 11.9. The maximum absolute atomic E-state index is 12.2. The molecule has 0 bridgehead atoms. The molecule has 0 spiro atoms. The van der Waals surface area contributed by atoms with Crippen LogP contribution in [-0.2, 0) is 27.2 Å². The van der Waals surface area contributed by atoms with E-state index in [0.29, 0.717) is 0 Å². The normalized spacial score (nSPS) is 12.8. The number of carbonyl (C=O) groups is 2. The van der Waals surface area contributed by atoms with Crippen LogP contribution in [0.1, 0.15) is 11.1 Å². The van der Waals surface area contributed by atoms with Gasteiger partial charge in [0.05, 0.1) is 6.04 Å². The van der Waals surface area contributed by atoms with E-state index in [1.807, 2.05) is 0 Å². The summed E-state index contributed by atoms with van der Waals surface area (Å²) in [7, 11) is 0. The van der Waals surface area contributed by atoms with Crippen LogP contribution in [0.15, 0.2) is 48.5 Å². The van der Waals surface area contributed by atoms with Gasteiger partial charge in [0.1, 0.15) is 11.5 Å². The SMILES string of the molecule is NC(Cc1ccc(O)cc1)C(=O)NC(Cc1ccc(O)cc1)OC=O. The maximum Gasteiger partial charge on any atom is 0.295 e. The van der Waals surface area contributed by atoms with Crippen molar-refractivity contribution in [2.24, 2.45) is 5.73 Å². The predicted octanol–water partition coefficient (Wildman–Crippen LogP) is 0.826. The van der Waals surface area contributed by atoms with E-state index < -0.39 is 18.2 Å². The van der Waals surface area contributed by atoms with Gasteiger partial charge < -0.3 is 26.0 Å². The lowest BCUT2D eigenvalue weighted by atomic mass is 10.1. The number of nitrogens with two attached hydrogens (primary N) is 1. The Morgan fingerprint density at radius 1 is 1.00 bits per heavy atom. The highest BCUT2D eigenvalue weighted by atomic mass is 16.5. The van der Waals surface area contributed by atoms with Gasteiger partial charge in [-0.1, -0.05) is 24.3 Å². The van der Waals surface area contributed by atoms with Crippen LogP contribution in [0.3, 0.4) is 0 Å². The molecule has 0 aliphatic heterocycles. The number of aromatic hydroxyl groups is 2. The quantitative estimate of drug-likeness (QED) is 0.415. The number of rotatable bonds is 8. The van der Waals surface area contributed by atoms with Crippen LogP contribution >= 0.6 is 0 Å². The molecule has 25 heavy (non-hydrogen) atoms. The summed E-state index contributed by atoms with van der Waals surface area (Å²) >= 11 is 0. The summed E-state index contributed by atoms with van der Waals surface area (Å²) in [6.45, 7) is 0.261. The van der Waals surface area contributed by atoms with Crippen molar-refractivity contribution in [3.05, 3.63) is 59.7 Å². The Morgan fingerprint density at radius 2 is 1.48 bits per heavy atom. The second-order valence-electron chi connectivity index (χ2n) is 5.58. The molecule has 0 heterocycles. The fourth-order valence-electron chi connectivity index (χ4n) is 2.29. The molecule has 132 valence electrons. The van der Waals surface area contributed by atoms with Crippen molar-refractivity contribution in [3.8, 4) is 11.5 Å². The first-order chi connectivity index (χ1) is 12.0. The number of hydrogen-bond acceptors (Lipinski definition) is 6. The molecular formula is C18H20N2O5. The molecule has 2 unspecified atom stereocenters. The molecular weight excluding hydrogens is 324 g/mol. The number of carbonyl (C=O) groups excluding carboxylic acids is 2. The zero-order chi connectivity index (χ0) is 18.2. The van der Waals surface area contributed by atoms with E-state index in [4.69, 9.17) is 10.5 Å². The molecule has 0 radical (unpaired) electrons. The molecule has 0 saturated carbocycles. The van der Waals surface area contributed by atoms with Gasteiger partial charge >= 0.3 is 0 Å². The smallest absolute Gasteiger partial charge is 0.295 e. The molecule has 7 nitrogen and oxygen atoms in total. The minimum Gasteiger partial charge on any atom is -0.508 e. The van der Waals surface area contributed by atoms with E-state index >= 15 is 0 Å². The molecule has 1 amide bonds. The van der Waals surface area contributed by atoms with Gasteiger partial charge in [-0.25, -0.2) is 0 Å². The van der Waals surface area contributed by atoms with Crippen molar-refractivity contribution < 1.29 is 24.5 Å². The summed E-state index contributed by atoms with van der Waals surface area (Å²) in [4.78, 5) is 22.9. The van der Waals surface area contributed by atoms with Crippen molar-refractivity contribution >= 4 is 12.4 Å². The Balaban J connectivity index is 1.94. The Labute approximate surface area is 145 Å². The van der Waals surface area contributed by atoms with Gasteiger partial charge in [0.15, 0.2) is 6.23 Å². The average molecular weight is 344 g/mol. The van der Waals surface area contributed by atoms with Crippen molar-refractivity contribution in [1.29, 1.82) is 0 Å². The monoisotopic (exact) mass is 344 g/mol. The summed E-state index contributed by atoms with van der Waals surface area (Å²) in [5.74, 6) is -0.203. The minimum atomic E-state index is -0.861. The summed E-state index contributed by atoms with van der Waals surface area (Å²) in [5, 5.41) is 21.1. The van der Waals surface area contributed by atoms with E-state index in [2.05, 4.69) is 5.32 Å². The number of phenolic OH excluding ortho intramolecular Hbond substituents is 2. The van der Waals surface area contributed by atoms with Crippen molar-refractivity contribution in [2.75, 3.05) is 0 Å². The first-order valence-electron chi connectivity index (χ1n) is 7.69. The lowest BCUT2D eigenvalue weighted by Crippen LogP contribution is -2.48. The van der Waals surface area contributed by atoms with Crippen LogP contribution in [0.25, 0.3) is 0 Å². The molecule has 0 saturated heterocycles. The van der Waals surface area contributed by atoms with Gasteiger partial charge in [0.25, 0.3) is 6.47 Å². The van der Waals surface area contributed by atoms with Crippen LogP contribution in [0, 0.1) is 0 Å². The third-order valence-corrected chi connectivity index (χ3v) is 3.61. The second-order valence-corrected chi connectivity index (χ2v) is 5.58. The van der Waals surface area contributed by atoms with E-state index in [9.17, 15) is 19.8 Å². The van der Waals surface area contributed by atoms with Crippen molar-refractivity contribution in [1.82, 2.24) is 5.32 Å². The number of phenols is 2. The lowest BCUT2D eigenvalue weighted by Gasteiger charge is -2.20. The predicted molar refractivity (Wildman–Crippen MR) is 90.7 cm³/mol. The van der Waals surface area contributed by atoms with Crippen LogP contribution in [0.5, 0.6) is 11.5 Å². The Bertz CT molecular complexity index is 700. The highest BCUT2D eigenvalue weighted by molar-refractivity contribution is 5.82. The van der Waals surface area contributed by atoms with Gasteiger partial charge in [-0.3, -0.25) is 9.59 Å². The first-order valence-corrected chi connectivity index (χ1v) is 7.69. The fraction of sp³-hybridized carbons (Fsp3) is 0.222. The van der Waals surface area contributed by atoms with E-state index in [1.165, 1.54) is 24.3 Å². The molecule has 0 fully saturated rings. The fourth-order valence-corrected chi connectivity index (χ4v) is 2.29. The standard InChI is InChI=1S/C18H20N2O5/c19-16(9-12-1-5-14(22)6-2-12)18(24)20-17(25-11-21)10-13-3-7-15(23)8-4-13/h1-8,11,16-17,22-23H,9-10,19H2,(H,20,24). The summed E-state index contributed by atoms with van der Waals surface area (Å²) < 4.78 is 4.90. The van der Waals surface area contributed by atoms with E-state index in [1.54, 1.807) is 24.3 Å². The van der Waals surface area contributed by atoms with E-state index in [-0.39, 0.29) is 30.8 Å². The molecule has 0 aromatic heterocycles. The van der Waals surface area contributed by atoms with Crippen molar-refractivity contribution in [2.45, 2.75) is 25.1 Å². The topological polar surface area (TPSA) is 122 Å². The number of benzene rings is 2. The molecule has 0 aliphatic carbocycles. The third-order valence-electron chi connectivity index (χ3n) is 3.61. The molecule has 2 atom stereocenters. The number of hydrogen-bond donors (Lipinski definition) is 4. The molecule has 2 rings (SSSR count). The zero-order valence-corrected chi connectivity index (χ0v) is 13.5. The average Bonchev–Trinajstić information content (AvgIpc) is 2.59. The van der Waals surface area contributed by atoms with Crippen LogP contribution in [0.4, 0.5) is 0 Å². The number of amides is 1. The lowest BCUT2D eigenvalue weighted by molar-refractivity contribution is -0.138. The molecule has 2 aromatic rings. The van der Waals surface area contributed by atoms with Gasteiger partial charge in [-0.05, 0) is 41.8 Å². The van der Waals surface area contributed by atoms with Crippen LogP contribution in [-0.4, -0.2) is 34.9 Å². The van der Waals surface area contributed by atoms with Gasteiger partial charge in [0, 0.05) is 6.42 Å². The second kappa shape index (κ2) is 8.70. The van der Waals surface area contributed by atoms with Crippen LogP contribution < -0.4 is 11.1 Å². The first kappa shape index (κ1) is 18.3. The van der Waals surface area contributed by atoms with E-state index in [0.717, 1.165) is 11.1 Å². The number of nitrogens with one attached hydrogen (secondary N) is 1. The molecule has 5 N–H and O–H groups in total.